The van der Waals surface area contributed by atoms with Gasteiger partial charge in [-0.05, 0) is 6.07 Å². The predicted molar refractivity (Wildman–Crippen MR) is 61.1 cm³/mol. The highest BCUT2D eigenvalue weighted by Crippen LogP contribution is 2.15. The lowest BCUT2D eigenvalue weighted by Gasteiger charge is -2.00. The van der Waals surface area contributed by atoms with Gasteiger partial charge < -0.3 is 5.73 Å². The summed E-state index contributed by atoms with van der Waals surface area (Å²) in [5.74, 6) is 0.524. The number of nitrogens with two attached hydrogens (primary N) is 1. The van der Waals surface area contributed by atoms with Gasteiger partial charge in [-0.15, -0.1) is 0 Å². The SMILES string of the molecule is Nc1cnc(-n2ncc3ccccc32)nc1. The van der Waals surface area contributed by atoms with E-state index in [0.29, 0.717) is 11.6 Å². The number of benzene rings is 1. The van der Waals surface area contributed by atoms with Crippen LogP contribution in [0, 0.1) is 0 Å². The van der Waals surface area contributed by atoms with Gasteiger partial charge in [0.25, 0.3) is 5.95 Å². The van der Waals surface area contributed by atoms with Crippen LogP contribution in [0.5, 0.6) is 0 Å². The van der Waals surface area contributed by atoms with Crippen LogP contribution in [-0.2, 0) is 0 Å². The predicted octanol–water partition coefficient (Wildman–Crippen LogP) is 1.40. The molecule has 0 radical (unpaired) electrons. The second-order valence-corrected chi connectivity index (χ2v) is 3.43. The van der Waals surface area contributed by atoms with E-state index in [1.165, 1.54) is 0 Å². The number of anilines is 1. The Labute approximate surface area is 91.6 Å². The molecule has 16 heavy (non-hydrogen) atoms. The number of hydrogen-bond donors (Lipinski definition) is 1. The fourth-order valence-corrected chi connectivity index (χ4v) is 1.57. The summed E-state index contributed by atoms with van der Waals surface area (Å²) in [6.07, 6.45) is 4.92. The topological polar surface area (TPSA) is 69.6 Å². The number of para-hydroxylation sites is 1. The minimum atomic E-state index is 0.524. The van der Waals surface area contributed by atoms with Crippen molar-refractivity contribution in [2.75, 3.05) is 5.73 Å². The zero-order chi connectivity index (χ0) is 11.0. The molecule has 0 fully saturated rings. The maximum absolute atomic E-state index is 5.54. The summed E-state index contributed by atoms with van der Waals surface area (Å²) in [5.41, 5.74) is 7.06. The molecular weight excluding hydrogens is 202 g/mol. The van der Waals surface area contributed by atoms with Gasteiger partial charge >= 0.3 is 0 Å². The van der Waals surface area contributed by atoms with E-state index in [9.17, 15) is 0 Å². The smallest absolute Gasteiger partial charge is 0.251 e. The van der Waals surface area contributed by atoms with Gasteiger partial charge in [0, 0.05) is 5.39 Å². The maximum Gasteiger partial charge on any atom is 0.251 e. The van der Waals surface area contributed by atoms with Gasteiger partial charge in [0.15, 0.2) is 0 Å². The molecule has 0 unspecified atom stereocenters. The molecule has 0 aliphatic carbocycles. The lowest BCUT2D eigenvalue weighted by molar-refractivity contribution is 0.834. The highest BCUT2D eigenvalue weighted by atomic mass is 15.3. The van der Waals surface area contributed by atoms with Gasteiger partial charge in [-0.2, -0.15) is 9.78 Å². The molecule has 0 aliphatic rings. The molecule has 3 aromatic rings. The summed E-state index contributed by atoms with van der Waals surface area (Å²) in [4.78, 5) is 8.27. The van der Waals surface area contributed by atoms with Crippen LogP contribution in [0.25, 0.3) is 16.9 Å². The minimum absolute atomic E-state index is 0.524. The van der Waals surface area contributed by atoms with Crippen molar-refractivity contribution in [3.05, 3.63) is 42.9 Å². The third-order valence-electron chi connectivity index (χ3n) is 2.32. The average molecular weight is 211 g/mol. The van der Waals surface area contributed by atoms with Crippen molar-refractivity contribution >= 4 is 16.6 Å². The van der Waals surface area contributed by atoms with Crippen LogP contribution in [0.1, 0.15) is 0 Å². The largest absolute Gasteiger partial charge is 0.396 e. The Hall–Kier alpha value is -2.43. The third-order valence-corrected chi connectivity index (χ3v) is 2.32. The Bertz CT molecular complexity index is 626. The lowest BCUT2D eigenvalue weighted by Crippen LogP contribution is -2.02. The molecule has 5 heteroatoms. The van der Waals surface area contributed by atoms with Gasteiger partial charge in [0.05, 0.1) is 29.8 Å². The van der Waals surface area contributed by atoms with Crippen molar-refractivity contribution in [1.29, 1.82) is 0 Å². The van der Waals surface area contributed by atoms with Crippen molar-refractivity contribution in [2.45, 2.75) is 0 Å². The summed E-state index contributed by atoms with van der Waals surface area (Å²) in [6.45, 7) is 0. The molecule has 1 aromatic carbocycles. The Morgan fingerprint density at radius 1 is 1.00 bits per heavy atom. The first-order valence-corrected chi connectivity index (χ1v) is 4.85. The van der Waals surface area contributed by atoms with Gasteiger partial charge in [-0.3, -0.25) is 0 Å². The van der Waals surface area contributed by atoms with Crippen molar-refractivity contribution in [2.24, 2.45) is 0 Å². The molecule has 0 saturated carbocycles. The summed E-state index contributed by atoms with van der Waals surface area (Å²) in [5, 5.41) is 5.30. The van der Waals surface area contributed by atoms with Gasteiger partial charge in [0.2, 0.25) is 0 Å². The van der Waals surface area contributed by atoms with Crippen LogP contribution in [0.3, 0.4) is 0 Å². The van der Waals surface area contributed by atoms with Crippen LogP contribution in [0.15, 0.2) is 42.9 Å². The molecule has 2 aromatic heterocycles. The molecule has 3 rings (SSSR count). The standard InChI is InChI=1S/C11H9N5/c12-9-6-13-11(14-7-9)16-10-4-2-1-3-8(10)5-15-16/h1-7H,12H2. The van der Waals surface area contributed by atoms with Gasteiger partial charge in [-0.1, -0.05) is 18.2 Å². The number of aromatic nitrogens is 4. The lowest BCUT2D eigenvalue weighted by atomic mass is 10.3. The van der Waals surface area contributed by atoms with E-state index in [0.717, 1.165) is 10.9 Å². The van der Waals surface area contributed by atoms with E-state index in [4.69, 9.17) is 5.73 Å². The fourth-order valence-electron chi connectivity index (χ4n) is 1.57. The first kappa shape index (κ1) is 8.84. The van der Waals surface area contributed by atoms with E-state index in [2.05, 4.69) is 15.1 Å². The van der Waals surface area contributed by atoms with E-state index in [-0.39, 0.29) is 0 Å². The van der Waals surface area contributed by atoms with E-state index in [1.54, 1.807) is 23.3 Å². The number of nitrogen functional groups attached to an aromatic ring is 1. The van der Waals surface area contributed by atoms with Crippen molar-refractivity contribution in [3.63, 3.8) is 0 Å². The van der Waals surface area contributed by atoms with Crippen LogP contribution in [0.4, 0.5) is 5.69 Å². The van der Waals surface area contributed by atoms with Crippen LogP contribution < -0.4 is 5.73 Å². The van der Waals surface area contributed by atoms with Crippen molar-refractivity contribution in [1.82, 2.24) is 19.7 Å². The average Bonchev–Trinajstić information content (AvgIpc) is 2.74. The van der Waals surface area contributed by atoms with E-state index in [1.807, 2.05) is 24.3 Å². The molecule has 0 saturated heterocycles. The fraction of sp³-hybridized carbons (Fsp3) is 0. The summed E-state index contributed by atoms with van der Waals surface area (Å²) < 4.78 is 1.69. The van der Waals surface area contributed by atoms with Crippen molar-refractivity contribution < 1.29 is 0 Å². The molecule has 2 N–H and O–H groups in total. The Morgan fingerprint density at radius 2 is 1.75 bits per heavy atom. The number of rotatable bonds is 1. The zero-order valence-electron chi connectivity index (χ0n) is 8.41. The normalized spacial score (nSPS) is 10.8. The third kappa shape index (κ3) is 1.30. The highest BCUT2D eigenvalue weighted by molar-refractivity contribution is 5.79. The van der Waals surface area contributed by atoms with Crippen molar-refractivity contribution in [3.8, 4) is 5.95 Å². The second-order valence-electron chi connectivity index (χ2n) is 3.43. The number of hydrogen-bond acceptors (Lipinski definition) is 4. The van der Waals surface area contributed by atoms with Gasteiger partial charge in [-0.25, -0.2) is 9.97 Å². The van der Waals surface area contributed by atoms with Crippen LogP contribution >= 0.6 is 0 Å². The first-order chi connectivity index (χ1) is 7.84. The first-order valence-electron chi connectivity index (χ1n) is 4.85. The second kappa shape index (κ2) is 3.30. The molecule has 0 amide bonds. The quantitative estimate of drug-likeness (QED) is 0.660. The molecule has 0 bridgehead atoms. The maximum atomic E-state index is 5.54. The van der Waals surface area contributed by atoms with E-state index < -0.39 is 0 Å². The number of fused-ring (bicyclic) bond motifs is 1. The minimum Gasteiger partial charge on any atom is -0.396 e. The monoisotopic (exact) mass is 211 g/mol. The zero-order valence-corrected chi connectivity index (χ0v) is 8.41. The molecule has 0 spiro atoms. The molecule has 78 valence electrons. The molecule has 5 nitrogen and oxygen atoms in total. The Kier molecular flexibility index (Phi) is 1.83. The summed E-state index contributed by atoms with van der Waals surface area (Å²) in [7, 11) is 0. The van der Waals surface area contributed by atoms with Crippen LogP contribution in [0.2, 0.25) is 0 Å². The highest BCUT2D eigenvalue weighted by Gasteiger charge is 2.05. The summed E-state index contributed by atoms with van der Waals surface area (Å²) >= 11 is 0. The molecule has 2 heterocycles. The van der Waals surface area contributed by atoms with Crippen LogP contribution in [-0.4, -0.2) is 19.7 Å². The summed E-state index contributed by atoms with van der Waals surface area (Å²) in [6, 6.07) is 7.90. The Morgan fingerprint density at radius 3 is 2.56 bits per heavy atom. The Balaban J connectivity index is 2.22. The number of nitrogens with zero attached hydrogens (tertiary/aromatic N) is 4. The van der Waals surface area contributed by atoms with E-state index >= 15 is 0 Å². The molecule has 0 aliphatic heterocycles. The van der Waals surface area contributed by atoms with Gasteiger partial charge in [0.1, 0.15) is 0 Å². The molecular formula is C11H9N5. The molecule has 0 atom stereocenters.